The highest BCUT2D eigenvalue weighted by atomic mass is 35.5. The summed E-state index contributed by atoms with van der Waals surface area (Å²) in [4.78, 5) is 13.6. The van der Waals surface area contributed by atoms with E-state index in [1.54, 1.807) is 25.1 Å². The van der Waals surface area contributed by atoms with Gasteiger partial charge in [0.05, 0.1) is 28.1 Å². The fourth-order valence-electron chi connectivity index (χ4n) is 3.37. The minimum Gasteiger partial charge on any atom is -0.491 e. The largest absolute Gasteiger partial charge is 0.491 e. The van der Waals surface area contributed by atoms with E-state index in [0.29, 0.717) is 23.7 Å². The standard InChI is InChI=1S/C23H16Cl2N2O4S/c1-2-29-21-16(24)8-12(9-17(21)25)23(28)30-13-5-6-14-18(10-13)31-22(27)15(11-26)20(14)19-4-3-7-32-19/h3-10,20H,2,27H2,1H3. The minimum absolute atomic E-state index is 0.0203. The second kappa shape index (κ2) is 9.13. The van der Waals surface area contributed by atoms with Crippen LogP contribution in [0.5, 0.6) is 17.2 Å². The molecule has 6 nitrogen and oxygen atoms in total. The van der Waals surface area contributed by atoms with Gasteiger partial charge >= 0.3 is 5.97 Å². The maximum absolute atomic E-state index is 12.7. The minimum atomic E-state index is -0.649. The smallest absolute Gasteiger partial charge is 0.343 e. The van der Waals surface area contributed by atoms with Gasteiger partial charge in [-0.15, -0.1) is 11.3 Å². The number of nitrogens with zero attached hydrogens (tertiary/aromatic N) is 1. The van der Waals surface area contributed by atoms with Crippen molar-refractivity contribution in [1.82, 2.24) is 0 Å². The fourth-order valence-corrected chi connectivity index (χ4v) is 4.82. The molecule has 0 saturated heterocycles. The summed E-state index contributed by atoms with van der Waals surface area (Å²) >= 11 is 13.9. The van der Waals surface area contributed by atoms with Crippen molar-refractivity contribution in [3.05, 3.63) is 85.4 Å². The monoisotopic (exact) mass is 486 g/mol. The van der Waals surface area contributed by atoms with Crippen LogP contribution in [0, 0.1) is 11.3 Å². The second-order valence-corrected chi connectivity index (χ2v) is 8.53. The molecular formula is C23H16Cl2N2O4S. The zero-order valence-electron chi connectivity index (χ0n) is 16.7. The van der Waals surface area contributed by atoms with Crippen LogP contribution in [0.1, 0.15) is 33.6 Å². The molecule has 32 heavy (non-hydrogen) atoms. The van der Waals surface area contributed by atoms with Crippen molar-refractivity contribution >= 4 is 40.5 Å². The molecule has 1 aliphatic heterocycles. The molecule has 0 aliphatic carbocycles. The lowest BCUT2D eigenvalue weighted by Gasteiger charge is -2.25. The summed E-state index contributed by atoms with van der Waals surface area (Å²) in [6.45, 7) is 2.19. The summed E-state index contributed by atoms with van der Waals surface area (Å²) in [5.41, 5.74) is 7.27. The maximum atomic E-state index is 12.7. The summed E-state index contributed by atoms with van der Waals surface area (Å²) in [6, 6.07) is 13.8. The average Bonchev–Trinajstić information content (AvgIpc) is 3.29. The molecule has 0 bridgehead atoms. The normalized spacial score (nSPS) is 14.9. The van der Waals surface area contributed by atoms with Crippen molar-refractivity contribution < 1.29 is 19.0 Å². The van der Waals surface area contributed by atoms with Gasteiger partial charge in [0.1, 0.15) is 23.1 Å². The van der Waals surface area contributed by atoms with E-state index in [2.05, 4.69) is 6.07 Å². The first-order valence-electron chi connectivity index (χ1n) is 9.51. The Morgan fingerprint density at radius 2 is 2.00 bits per heavy atom. The van der Waals surface area contributed by atoms with Gasteiger partial charge in [-0.1, -0.05) is 35.3 Å². The Hall–Kier alpha value is -3.18. The number of ether oxygens (including phenoxy) is 3. The number of nitrogens with two attached hydrogens (primary N) is 1. The van der Waals surface area contributed by atoms with Gasteiger partial charge < -0.3 is 19.9 Å². The summed E-state index contributed by atoms with van der Waals surface area (Å²) < 4.78 is 16.5. The summed E-state index contributed by atoms with van der Waals surface area (Å²) in [7, 11) is 0. The molecule has 2 heterocycles. The van der Waals surface area contributed by atoms with E-state index in [-0.39, 0.29) is 33.2 Å². The van der Waals surface area contributed by atoms with E-state index < -0.39 is 5.97 Å². The number of carbonyl (C=O) groups excluding carboxylic acids is 1. The highest BCUT2D eigenvalue weighted by Gasteiger charge is 2.31. The third kappa shape index (κ3) is 4.13. The van der Waals surface area contributed by atoms with Crippen LogP contribution in [-0.4, -0.2) is 12.6 Å². The van der Waals surface area contributed by atoms with Gasteiger partial charge in [0, 0.05) is 16.5 Å². The molecular weight excluding hydrogens is 471 g/mol. The summed E-state index contributed by atoms with van der Waals surface area (Å²) in [5.74, 6) is -0.0152. The van der Waals surface area contributed by atoms with E-state index in [4.69, 9.17) is 43.1 Å². The van der Waals surface area contributed by atoms with Gasteiger partial charge in [-0.2, -0.15) is 5.26 Å². The average molecular weight is 487 g/mol. The number of hydrogen-bond donors (Lipinski definition) is 1. The van der Waals surface area contributed by atoms with E-state index in [1.165, 1.54) is 23.5 Å². The summed E-state index contributed by atoms with van der Waals surface area (Å²) in [6.07, 6.45) is 0. The Labute approximate surface area is 198 Å². The molecule has 0 radical (unpaired) electrons. The number of carbonyl (C=O) groups is 1. The SMILES string of the molecule is CCOc1c(Cl)cc(C(=O)Oc2ccc3c(c2)OC(N)=C(C#N)C3c2cccs2)cc1Cl. The number of allylic oxidation sites excluding steroid dienone is 1. The van der Waals surface area contributed by atoms with Crippen molar-refractivity contribution in [2.75, 3.05) is 6.61 Å². The van der Waals surface area contributed by atoms with E-state index in [9.17, 15) is 10.1 Å². The third-order valence-electron chi connectivity index (χ3n) is 4.75. The van der Waals surface area contributed by atoms with Gasteiger partial charge in [0.15, 0.2) is 5.75 Å². The molecule has 0 amide bonds. The first kappa shape index (κ1) is 22.0. The maximum Gasteiger partial charge on any atom is 0.343 e. The van der Waals surface area contributed by atoms with Crippen molar-refractivity contribution in [1.29, 1.82) is 5.26 Å². The lowest BCUT2D eigenvalue weighted by Crippen LogP contribution is -2.20. The number of hydrogen-bond acceptors (Lipinski definition) is 7. The van der Waals surface area contributed by atoms with Crippen molar-refractivity contribution in [2.24, 2.45) is 5.73 Å². The van der Waals surface area contributed by atoms with Crippen molar-refractivity contribution in [3.8, 4) is 23.3 Å². The summed E-state index contributed by atoms with van der Waals surface area (Å²) in [5, 5.41) is 11.9. The number of halogens is 2. The molecule has 4 rings (SSSR count). The molecule has 3 aromatic rings. The molecule has 1 aromatic heterocycles. The quantitative estimate of drug-likeness (QED) is 0.356. The van der Waals surface area contributed by atoms with E-state index in [1.807, 2.05) is 17.5 Å². The number of esters is 1. The van der Waals surface area contributed by atoms with Gasteiger partial charge in [0.2, 0.25) is 5.88 Å². The molecule has 162 valence electrons. The molecule has 2 N–H and O–H groups in total. The van der Waals surface area contributed by atoms with E-state index in [0.717, 1.165) is 10.4 Å². The lowest BCUT2D eigenvalue weighted by molar-refractivity contribution is 0.0734. The highest BCUT2D eigenvalue weighted by Crippen LogP contribution is 2.44. The topological polar surface area (TPSA) is 94.6 Å². The first-order valence-corrected chi connectivity index (χ1v) is 11.2. The highest BCUT2D eigenvalue weighted by molar-refractivity contribution is 7.10. The van der Waals surface area contributed by atoms with Gasteiger partial charge in [-0.25, -0.2) is 4.79 Å². The molecule has 1 aliphatic rings. The molecule has 9 heteroatoms. The van der Waals surface area contributed by atoms with E-state index >= 15 is 0 Å². The van der Waals surface area contributed by atoms with Crippen molar-refractivity contribution in [2.45, 2.75) is 12.8 Å². The number of fused-ring (bicyclic) bond motifs is 1. The predicted molar refractivity (Wildman–Crippen MR) is 123 cm³/mol. The number of rotatable bonds is 5. The van der Waals surface area contributed by atoms with Gasteiger partial charge in [-0.3, -0.25) is 0 Å². The van der Waals surface area contributed by atoms with Crippen LogP contribution in [0.2, 0.25) is 10.0 Å². The van der Waals surface area contributed by atoms with Crippen LogP contribution < -0.4 is 19.9 Å². The van der Waals surface area contributed by atoms with Crippen LogP contribution in [0.3, 0.4) is 0 Å². The Kier molecular flexibility index (Phi) is 6.28. The molecule has 0 saturated carbocycles. The fraction of sp³-hybridized carbons (Fsp3) is 0.130. The Morgan fingerprint density at radius 1 is 1.25 bits per heavy atom. The first-order chi connectivity index (χ1) is 15.4. The molecule has 2 aromatic carbocycles. The van der Waals surface area contributed by atoms with Crippen LogP contribution in [0.15, 0.2) is 59.3 Å². The number of nitriles is 1. The van der Waals surface area contributed by atoms with Crippen LogP contribution in [-0.2, 0) is 0 Å². The van der Waals surface area contributed by atoms with Crippen LogP contribution >= 0.6 is 34.5 Å². The second-order valence-electron chi connectivity index (χ2n) is 6.73. The molecule has 0 fully saturated rings. The lowest BCUT2D eigenvalue weighted by atomic mass is 9.88. The predicted octanol–water partition coefficient (Wildman–Crippen LogP) is 5.89. The molecule has 1 atom stereocenters. The van der Waals surface area contributed by atoms with Crippen LogP contribution in [0.25, 0.3) is 0 Å². The van der Waals surface area contributed by atoms with Gasteiger partial charge in [-0.05, 0) is 36.6 Å². The Bertz CT molecular complexity index is 1240. The van der Waals surface area contributed by atoms with Crippen molar-refractivity contribution in [3.63, 3.8) is 0 Å². The van der Waals surface area contributed by atoms with Gasteiger partial charge in [0.25, 0.3) is 0 Å². The molecule has 0 spiro atoms. The number of thiophene rings is 1. The zero-order valence-corrected chi connectivity index (χ0v) is 19.1. The van der Waals surface area contributed by atoms with Crippen LogP contribution in [0.4, 0.5) is 0 Å². The third-order valence-corrected chi connectivity index (χ3v) is 6.25. The molecule has 1 unspecified atom stereocenters. The Morgan fingerprint density at radius 3 is 2.62 bits per heavy atom. The Balaban J connectivity index is 1.63. The number of benzene rings is 2. The zero-order chi connectivity index (χ0) is 22.8.